The maximum atomic E-state index is 13.7. The van der Waals surface area contributed by atoms with Crippen molar-refractivity contribution in [3.8, 4) is 0 Å². The van der Waals surface area contributed by atoms with E-state index in [1.807, 2.05) is 55.5 Å². The number of methoxy groups -OCH3 is 1. The van der Waals surface area contributed by atoms with Gasteiger partial charge in [0.1, 0.15) is 47.8 Å². The van der Waals surface area contributed by atoms with Crippen LogP contribution in [0.1, 0.15) is 92.6 Å². The van der Waals surface area contributed by atoms with E-state index in [9.17, 15) is 29.7 Å². The maximum Gasteiger partial charge on any atom is 0.309 e. The van der Waals surface area contributed by atoms with Crippen LogP contribution >= 0.6 is 0 Å². The summed E-state index contributed by atoms with van der Waals surface area (Å²) in [5, 5.41) is 35.4. The van der Waals surface area contributed by atoms with Gasteiger partial charge in [0, 0.05) is 32.8 Å². The first-order chi connectivity index (χ1) is 31.3. The Labute approximate surface area is 390 Å². The molecule has 3 heterocycles. The fourth-order valence-electron chi connectivity index (χ4n) is 8.78. The van der Waals surface area contributed by atoms with E-state index >= 15 is 0 Å². The number of esters is 3. The second kappa shape index (κ2) is 25.5. The van der Waals surface area contributed by atoms with Gasteiger partial charge in [0.15, 0.2) is 18.7 Å². The molecule has 3 aliphatic heterocycles. The third-order valence-corrected chi connectivity index (χ3v) is 12.3. The SMILES string of the molecule is C=C[C@@]1(OCC=Cc2ccccc2)C[C@@H](C)[C@@H](O)C=CC=CC[C@@H](C)OC(=O)C[C@@H](OC(=O)CC)[C@H](OC)[C@H]1OC1OC(C)C(OC2CC(C)(O)C(OC(=O)CC)C(C)O2)C(N(C)C)C1O. The zero-order chi connectivity index (χ0) is 48.8. The molecule has 4 rings (SSSR count). The van der Waals surface area contributed by atoms with Gasteiger partial charge in [-0.2, -0.15) is 0 Å². The van der Waals surface area contributed by atoms with Crippen molar-refractivity contribution >= 4 is 24.0 Å². The van der Waals surface area contributed by atoms with Crippen molar-refractivity contribution in [1.82, 2.24) is 4.90 Å². The number of carbonyl (C=O) groups excluding carboxylic acids is 3. The number of aliphatic hydroxyl groups is 3. The van der Waals surface area contributed by atoms with Gasteiger partial charge in [0.05, 0.1) is 37.4 Å². The molecule has 2 fully saturated rings. The number of hydrogen-bond donors (Lipinski definition) is 3. The third kappa shape index (κ3) is 14.8. The molecule has 370 valence electrons. The molecule has 16 nitrogen and oxygen atoms in total. The smallest absolute Gasteiger partial charge is 0.309 e. The average Bonchev–Trinajstić information content (AvgIpc) is 3.26. The minimum Gasteiger partial charge on any atom is -0.462 e. The van der Waals surface area contributed by atoms with E-state index in [0.29, 0.717) is 6.42 Å². The Hall–Kier alpha value is -3.81. The van der Waals surface area contributed by atoms with Gasteiger partial charge in [-0.3, -0.25) is 14.4 Å². The van der Waals surface area contributed by atoms with Crippen LogP contribution in [-0.4, -0.2) is 157 Å². The summed E-state index contributed by atoms with van der Waals surface area (Å²) in [6.07, 6.45) is -0.407. The van der Waals surface area contributed by atoms with Crippen LogP contribution in [0.2, 0.25) is 0 Å². The molecule has 9 unspecified atom stereocenters. The van der Waals surface area contributed by atoms with Gasteiger partial charge < -0.3 is 62.9 Å². The number of carbonyl (C=O) groups is 3. The molecule has 66 heavy (non-hydrogen) atoms. The van der Waals surface area contributed by atoms with E-state index in [1.165, 1.54) is 7.11 Å². The Morgan fingerprint density at radius 3 is 2.23 bits per heavy atom. The highest BCUT2D eigenvalue weighted by molar-refractivity contribution is 5.72. The van der Waals surface area contributed by atoms with Gasteiger partial charge in [-0.15, -0.1) is 6.58 Å². The predicted molar refractivity (Wildman–Crippen MR) is 245 cm³/mol. The molecule has 0 amide bonds. The summed E-state index contributed by atoms with van der Waals surface area (Å²) < 4.78 is 56.6. The summed E-state index contributed by atoms with van der Waals surface area (Å²) >= 11 is 0. The Morgan fingerprint density at radius 1 is 0.924 bits per heavy atom. The number of allylic oxidation sites excluding steroid dienone is 2. The summed E-state index contributed by atoms with van der Waals surface area (Å²) in [5.74, 6) is -2.27. The molecule has 0 aliphatic carbocycles. The van der Waals surface area contributed by atoms with Crippen LogP contribution in [0.25, 0.3) is 6.08 Å². The van der Waals surface area contributed by atoms with Crippen molar-refractivity contribution in [3.63, 3.8) is 0 Å². The molecule has 0 radical (unpaired) electrons. The highest BCUT2D eigenvalue weighted by Gasteiger charge is 2.55. The molecule has 0 spiro atoms. The lowest BCUT2D eigenvalue weighted by molar-refractivity contribution is -0.349. The summed E-state index contributed by atoms with van der Waals surface area (Å²) in [6, 6.07) is 8.81. The summed E-state index contributed by atoms with van der Waals surface area (Å²) in [7, 11) is 4.91. The second-order valence-electron chi connectivity index (χ2n) is 18.0. The Kier molecular flexibility index (Phi) is 21.2. The van der Waals surface area contributed by atoms with E-state index in [2.05, 4.69) is 6.58 Å². The van der Waals surface area contributed by atoms with Gasteiger partial charge in [0.25, 0.3) is 0 Å². The van der Waals surface area contributed by atoms with E-state index < -0.39 is 121 Å². The summed E-state index contributed by atoms with van der Waals surface area (Å²) in [4.78, 5) is 40.8. The largest absolute Gasteiger partial charge is 0.462 e. The van der Waals surface area contributed by atoms with Crippen LogP contribution in [0.5, 0.6) is 0 Å². The number of hydrogen-bond acceptors (Lipinski definition) is 16. The fraction of sp³-hybridized carbons (Fsp3) is 0.660. The molecule has 3 N–H and O–H groups in total. The van der Waals surface area contributed by atoms with Gasteiger partial charge >= 0.3 is 17.9 Å². The van der Waals surface area contributed by atoms with E-state index in [-0.39, 0.29) is 32.3 Å². The number of ether oxygens (including phenoxy) is 9. The zero-order valence-corrected chi connectivity index (χ0v) is 40.4. The van der Waals surface area contributed by atoms with Crippen molar-refractivity contribution < 1.29 is 72.3 Å². The maximum absolute atomic E-state index is 13.7. The van der Waals surface area contributed by atoms with E-state index in [0.717, 1.165) is 5.56 Å². The molecule has 1 aromatic carbocycles. The lowest BCUT2D eigenvalue weighted by atomic mass is 9.80. The number of aliphatic hydroxyl groups excluding tert-OH is 2. The van der Waals surface area contributed by atoms with Crippen LogP contribution < -0.4 is 0 Å². The molecule has 2 saturated heterocycles. The van der Waals surface area contributed by atoms with Gasteiger partial charge in [-0.05, 0) is 59.7 Å². The average molecular weight is 930 g/mol. The second-order valence-corrected chi connectivity index (χ2v) is 18.0. The third-order valence-electron chi connectivity index (χ3n) is 12.3. The highest BCUT2D eigenvalue weighted by Crippen LogP contribution is 2.40. The number of likely N-dealkylation sites (N-methyl/N-ethyl adjacent to an activating group) is 1. The molecular weight excluding hydrogens is 855 g/mol. The normalized spacial score (nSPS) is 37.3. The first-order valence-corrected chi connectivity index (χ1v) is 23.1. The molecule has 0 bridgehead atoms. The highest BCUT2D eigenvalue weighted by atomic mass is 16.7. The molecule has 0 saturated carbocycles. The summed E-state index contributed by atoms with van der Waals surface area (Å²) in [6.45, 7) is 16.1. The van der Waals surface area contributed by atoms with Crippen molar-refractivity contribution in [2.75, 3.05) is 27.8 Å². The van der Waals surface area contributed by atoms with Crippen LogP contribution in [0, 0.1) is 5.92 Å². The van der Waals surface area contributed by atoms with E-state index in [4.69, 9.17) is 42.6 Å². The molecule has 16 heteroatoms. The molecular formula is C50H75NO15. The lowest BCUT2D eigenvalue weighted by Gasteiger charge is -2.51. The topological polar surface area (TPSA) is 198 Å². The first kappa shape index (κ1) is 54.8. The van der Waals surface area contributed by atoms with Crippen molar-refractivity contribution in [2.45, 2.75) is 178 Å². The Balaban J connectivity index is 1.81. The van der Waals surface area contributed by atoms with Crippen LogP contribution in [0.3, 0.4) is 0 Å². The zero-order valence-electron chi connectivity index (χ0n) is 40.4. The molecule has 3 aliphatic rings. The minimum atomic E-state index is -1.60. The van der Waals surface area contributed by atoms with E-state index in [1.54, 1.807) is 84.8 Å². The Bertz CT molecular complexity index is 1790. The number of nitrogens with zero attached hydrogens (tertiary/aromatic N) is 1. The quantitative estimate of drug-likeness (QED) is 0.118. The van der Waals surface area contributed by atoms with Gasteiger partial charge in [-0.25, -0.2) is 0 Å². The molecule has 16 atom stereocenters. The van der Waals surface area contributed by atoms with Gasteiger partial charge in [0.2, 0.25) is 0 Å². The minimum absolute atomic E-state index is 0.000375. The molecule has 1 aromatic rings. The van der Waals surface area contributed by atoms with Gasteiger partial charge in [-0.1, -0.05) is 93.6 Å². The lowest BCUT2D eigenvalue weighted by Crippen LogP contribution is -2.67. The Morgan fingerprint density at radius 2 is 1.61 bits per heavy atom. The standard InChI is InChI=1S/C50H75NO15/c1-12-38(53)63-37-28-40(55)60-32(5)22-17-15-20-26-36(52)31(4)29-50(14-3,59-27-21-25-35-23-18-16-19-24-35)47(45(37)58-11)66-48-43(56)42(51(9)10)44(33(6)62-48)65-41-30-49(8,57)46(34(7)61-41)64-39(54)13-2/h14-21,23-26,31-34,36-37,41-48,52,56-57H,3,12-13,22,27-30H2,1-2,4-11H3/t31-,32-,33?,34?,36+,37-,41?,42?,43?,44?,45+,46?,47-,48?,49?,50-/m1/s1. The number of cyclic esters (lactones) is 1. The van der Waals surface area contributed by atoms with Crippen LogP contribution in [0.15, 0.2) is 73.4 Å². The van der Waals surface area contributed by atoms with Crippen molar-refractivity contribution in [1.29, 1.82) is 0 Å². The first-order valence-electron chi connectivity index (χ1n) is 23.1. The fourth-order valence-corrected chi connectivity index (χ4v) is 8.78. The number of benzene rings is 1. The molecule has 0 aromatic heterocycles. The summed E-state index contributed by atoms with van der Waals surface area (Å²) in [5.41, 5.74) is -2.18. The monoisotopic (exact) mass is 930 g/mol. The van der Waals surface area contributed by atoms with Crippen molar-refractivity contribution in [2.24, 2.45) is 5.92 Å². The number of rotatable bonds is 15. The predicted octanol–water partition coefficient (Wildman–Crippen LogP) is 5.22. The van der Waals surface area contributed by atoms with Crippen LogP contribution in [0.4, 0.5) is 0 Å². The van der Waals surface area contributed by atoms with Crippen molar-refractivity contribution in [3.05, 3.63) is 78.9 Å². The van der Waals surface area contributed by atoms with Crippen LogP contribution in [-0.2, 0) is 57.0 Å².